The van der Waals surface area contributed by atoms with Gasteiger partial charge in [0.05, 0.1) is 11.1 Å². The third kappa shape index (κ3) is 2.78. The molecule has 0 aromatic rings. The molecule has 0 aromatic carbocycles. The van der Waals surface area contributed by atoms with Crippen LogP contribution < -0.4 is 0 Å². The summed E-state index contributed by atoms with van der Waals surface area (Å²) in [6.07, 6.45) is -3.12. The molecule has 0 fully saturated rings. The van der Waals surface area contributed by atoms with Crippen LogP contribution in [0, 0.1) is 5.92 Å². The Labute approximate surface area is 85.2 Å². The first-order valence-electron chi connectivity index (χ1n) is 4.17. The summed E-state index contributed by atoms with van der Waals surface area (Å²) in [5.41, 5.74) is 0. The highest BCUT2D eigenvalue weighted by Gasteiger charge is 2.40. The van der Waals surface area contributed by atoms with Gasteiger partial charge < -0.3 is 4.84 Å². The molecule has 1 unspecified atom stereocenters. The maximum absolute atomic E-state index is 12.1. The summed E-state index contributed by atoms with van der Waals surface area (Å²) in [6, 6.07) is -0.502. The molecule has 0 amide bonds. The second-order valence-corrected chi connectivity index (χ2v) is 3.92. The molecule has 1 atom stereocenters. The first-order chi connectivity index (χ1) is 6.31. The normalized spacial score (nSPS) is 23.9. The average Bonchev–Trinajstić information content (AvgIpc) is 2.27. The lowest BCUT2D eigenvalue weighted by Gasteiger charge is -2.26. The highest BCUT2D eigenvalue weighted by molar-refractivity contribution is 6.30. The fraction of sp³-hybridized carbons (Fsp3) is 0.750. The van der Waals surface area contributed by atoms with E-state index in [1.807, 2.05) is 0 Å². The average molecular weight is 230 g/mol. The summed E-state index contributed by atoms with van der Waals surface area (Å²) in [5.74, 6) is -0.0244. The van der Waals surface area contributed by atoms with E-state index in [9.17, 15) is 13.2 Å². The van der Waals surface area contributed by atoms with Gasteiger partial charge in [-0.25, -0.2) is 0 Å². The number of nitrogens with zero attached hydrogens (tertiary/aromatic N) is 1. The quantitative estimate of drug-likeness (QED) is 0.722. The Balaban J connectivity index is 2.65. The summed E-state index contributed by atoms with van der Waals surface area (Å²) in [6.45, 7) is 2.47. The molecule has 0 bridgehead atoms. The lowest BCUT2D eigenvalue weighted by molar-refractivity contribution is -0.216. The van der Waals surface area contributed by atoms with Crippen LogP contribution in [0.2, 0.25) is 0 Å². The molecular formula is C8H11ClF3NO. The number of halogens is 4. The van der Waals surface area contributed by atoms with E-state index < -0.39 is 18.8 Å². The van der Waals surface area contributed by atoms with Crippen molar-refractivity contribution in [1.82, 2.24) is 5.06 Å². The molecule has 1 aliphatic heterocycles. The maximum atomic E-state index is 12.1. The van der Waals surface area contributed by atoms with Crippen LogP contribution in [0.1, 0.15) is 13.8 Å². The van der Waals surface area contributed by atoms with E-state index in [-0.39, 0.29) is 5.92 Å². The third-order valence-corrected chi connectivity index (χ3v) is 2.17. The van der Waals surface area contributed by atoms with Crippen molar-refractivity contribution in [2.24, 2.45) is 5.92 Å². The van der Waals surface area contributed by atoms with Crippen LogP contribution in [0.4, 0.5) is 13.2 Å². The maximum Gasteiger partial charge on any atom is 0.404 e. The number of hydrogen-bond donors (Lipinski definition) is 0. The van der Waals surface area contributed by atoms with Gasteiger partial charge in [0, 0.05) is 0 Å². The van der Waals surface area contributed by atoms with Gasteiger partial charge in [-0.2, -0.15) is 13.2 Å². The van der Waals surface area contributed by atoms with E-state index in [1.54, 1.807) is 13.8 Å². The van der Waals surface area contributed by atoms with E-state index in [0.717, 1.165) is 11.3 Å². The van der Waals surface area contributed by atoms with Crippen LogP contribution >= 0.6 is 11.6 Å². The Morgan fingerprint density at radius 1 is 1.57 bits per heavy atom. The molecule has 0 aliphatic carbocycles. The Morgan fingerprint density at radius 2 is 2.14 bits per heavy atom. The minimum absolute atomic E-state index is 0.0244. The molecule has 0 spiro atoms. The Hall–Kier alpha value is -0.420. The number of alkyl halides is 3. The second kappa shape index (κ2) is 3.98. The second-order valence-electron chi connectivity index (χ2n) is 3.49. The van der Waals surface area contributed by atoms with Crippen molar-refractivity contribution in [3.05, 3.63) is 11.3 Å². The van der Waals surface area contributed by atoms with Gasteiger partial charge in [-0.05, 0) is 5.92 Å². The smallest absolute Gasteiger partial charge is 0.404 e. The predicted molar refractivity (Wildman–Crippen MR) is 46.4 cm³/mol. The summed E-state index contributed by atoms with van der Waals surface area (Å²) >= 11 is 5.72. The van der Waals surface area contributed by atoms with E-state index >= 15 is 0 Å². The standard InChI is InChI=1S/C8H11ClF3NO/c1-5(2)7-6(9)3-14-13(7)4-8(10,11)12/h3,5,7H,4H2,1-2H3. The molecule has 6 heteroatoms. The first-order valence-corrected chi connectivity index (χ1v) is 4.55. The van der Waals surface area contributed by atoms with Gasteiger partial charge in [0.15, 0.2) is 0 Å². The number of hydrogen-bond acceptors (Lipinski definition) is 2. The Morgan fingerprint density at radius 3 is 2.57 bits per heavy atom. The van der Waals surface area contributed by atoms with Crippen molar-refractivity contribution in [3.63, 3.8) is 0 Å². The number of hydroxylamine groups is 2. The molecule has 14 heavy (non-hydrogen) atoms. The SMILES string of the molecule is CC(C)C1C(Cl)=CON1CC(F)(F)F. The van der Waals surface area contributed by atoms with Gasteiger partial charge in [-0.1, -0.05) is 25.4 Å². The zero-order valence-electron chi connectivity index (χ0n) is 7.81. The van der Waals surface area contributed by atoms with Crippen LogP contribution in [-0.4, -0.2) is 23.8 Å². The van der Waals surface area contributed by atoms with E-state index in [0.29, 0.717) is 5.03 Å². The molecular weight excluding hydrogens is 219 g/mol. The minimum Gasteiger partial charge on any atom is -0.412 e. The van der Waals surface area contributed by atoms with E-state index in [1.165, 1.54) is 0 Å². The molecule has 2 nitrogen and oxygen atoms in total. The van der Waals surface area contributed by atoms with Gasteiger partial charge in [0.2, 0.25) is 0 Å². The highest BCUT2D eigenvalue weighted by atomic mass is 35.5. The molecule has 0 radical (unpaired) electrons. The summed E-state index contributed by atoms with van der Waals surface area (Å²) in [5, 5.41) is 1.16. The zero-order valence-corrected chi connectivity index (χ0v) is 8.56. The topological polar surface area (TPSA) is 12.5 Å². The molecule has 0 N–H and O–H groups in total. The molecule has 0 saturated heterocycles. The fourth-order valence-electron chi connectivity index (χ4n) is 1.35. The van der Waals surface area contributed by atoms with E-state index in [4.69, 9.17) is 16.4 Å². The van der Waals surface area contributed by atoms with Crippen LogP contribution in [0.3, 0.4) is 0 Å². The zero-order chi connectivity index (χ0) is 10.9. The van der Waals surface area contributed by atoms with Crippen molar-refractivity contribution in [3.8, 4) is 0 Å². The lowest BCUT2D eigenvalue weighted by atomic mass is 10.0. The third-order valence-electron chi connectivity index (χ3n) is 1.86. The predicted octanol–water partition coefficient (Wildman–Crippen LogP) is 2.90. The summed E-state index contributed by atoms with van der Waals surface area (Å²) in [7, 11) is 0. The Kier molecular flexibility index (Phi) is 3.32. The Bertz CT molecular complexity index is 239. The van der Waals surface area contributed by atoms with Crippen LogP contribution in [0.5, 0.6) is 0 Å². The molecule has 1 aliphatic rings. The van der Waals surface area contributed by atoms with Crippen molar-refractivity contribution >= 4 is 11.6 Å². The molecule has 1 heterocycles. The molecule has 82 valence electrons. The van der Waals surface area contributed by atoms with Gasteiger partial charge >= 0.3 is 6.18 Å². The van der Waals surface area contributed by atoms with E-state index in [2.05, 4.69) is 0 Å². The van der Waals surface area contributed by atoms with Crippen molar-refractivity contribution < 1.29 is 18.0 Å². The fourth-order valence-corrected chi connectivity index (χ4v) is 1.75. The molecule has 0 saturated carbocycles. The first kappa shape index (κ1) is 11.7. The number of rotatable bonds is 2. The van der Waals surface area contributed by atoms with Crippen molar-refractivity contribution in [2.45, 2.75) is 26.1 Å². The lowest BCUT2D eigenvalue weighted by Crippen LogP contribution is -2.40. The minimum atomic E-state index is -4.28. The van der Waals surface area contributed by atoms with Gasteiger partial charge in [0.1, 0.15) is 12.8 Å². The highest BCUT2D eigenvalue weighted by Crippen LogP contribution is 2.31. The van der Waals surface area contributed by atoms with Gasteiger partial charge in [-0.3, -0.25) is 0 Å². The van der Waals surface area contributed by atoms with Crippen LogP contribution in [0.15, 0.2) is 11.3 Å². The van der Waals surface area contributed by atoms with Gasteiger partial charge in [0.25, 0.3) is 0 Å². The monoisotopic (exact) mass is 229 g/mol. The molecule has 1 rings (SSSR count). The van der Waals surface area contributed by atoms with Crippen LogP contribution in [0.25, 0.3) is 0 Å². The van der Waals surface area contributed by atoms with Crippen LogP contribution in [-0.2, 0) is 4.84 Å². The van der Waals surface area contributed by atoms with Crippen molar-refractivity contribution in [2.75, 3.05) is 6.54 Å². The molecule has 0 aromatic heterocycles. The van der Waals surface area contributed by atoms with Crippen molar-refractivity contribution in [1.29, 1.82) is 0 Å². The largest absolute Gasteiger partial charge is 0.412 e. The summed E-state index contributed by atoms with van der Waals surface area (Å²) < 4.78 is 36.3. The van der Waals surface area contributed by atoms with Gasteiger partial charge in [-0.15, -0.1) is 5.06 Å². The summed E-state index contributed by atoms with van der Waals surface area (Å²) in [4.78, 5) is 4.73.